The number of anilines is 1. The topological polar surface area (TPSA) is 41.3 Å². The lowest BCUT2D eigenvalue weighted by Gasteiger charge is -2.26. The molecule has 0 spiro atoms. The fourth-order valence-corrected chi connectivity index (χ4v) is 3.33. The van der Waals surface area contributed by atoms with Crippen LogP contribution in [0.2, 0.25) is 0 Å². The van der Waals surface area contributed by atoms with Crippen molar-refractivity contribution in [3.05, 3.63) is 84.3 Å². The van der Waals surface area contributed by atoms with Gasteiger partial charge in [0.05, 0.1) is 18.0 Å². The van der Waals surface area contributed by atoms with Crippen molar-refractivity contribution in [1.29, 1.82) is 0 Å². The number of rotatable bonds is 3. The summed E-state index contributed by atoms with van der Waals surface area (Å²) in [7, 11) is 0. The molecule has 2 atom stereocenters. The second-order valence-corrected chi connectivity index (χ2v) is 5.88. The molecule has 2 aromatic heterocycles. The largest absolute Gasteiger partial charge is 0.467 e. The SMILES string of the molecule is Fc1ccc(N2C(=S)N[C@@H](c3ccccn3)[C@@H]2c2ccco2)cc1. The first-order valence-electron chi connectivity index (χ1n) is 7.53. The Morgan fingerprint density at radius 2 is 1.92 bits per heavy atom. The van der Waals surface area contributed by atoms with Crippen molar-refractivity contribution in [2.24, 2.45) is 0 Å². The zero-order valence-electron chi connectivity index (χ0n) is 12.6. The van der Waals surface area contributed by atoms with Crippen molar-refractivity contribution in [3.8, 4) is 0 Å². The van der Waals surface area contributed by atoms with Gasteiger partial charge in [-0.2, -0.15) is 0 Å². The van der Waals surface area contributed by atoms with Crippen LogP contribution in [-0.4, -0.2) is 10.1 Å². The molecule has 3 aromatic rings. The Bertz CT molecular complexity index is 836. The number of furan rings is 1. The summed E-state index contributed by atoms with van der Waals surface area (Å²) >= 11 is 5.54. The first-order valence-corrected chi connectivity index (χ1v) is 7.94. The molecule has 0 saturated carbocycles. The summed E-state index contributed by atoms with van der Waals surface area (Å²) in [5.41, 5.74) is 1.67. The molecule has 4 rings (SSSR count). The quantitative estimate of drug-likeness (QED) is 0.731. The molecule has 0 amide bonds. The molecule has 0 radical (unpaired) electrons. The van der Waals surface area contributed by atoms with Crippen molar-refractivity contribution in [1.82, 2.24) is 10.3 Å². The van der Waals surface area contributed by atoms with Gasteiger partial charge in [-0.05, 0) is 60.7 Å². The third kappa shape index (κ3) is 2.55. The van der Waals surface area contributed by atoms with Crippen LogP contribution in [0.1, 0.15) is 23.5 Å². The molecule has 4 nitrogen and oxygen atoms in total. The Hall–Kier alpha value is -2.73. The average Bonchev–Trinajstić information content (AvgIpc) is 3.24. The fourth-order valence-electron chi connectivity index (χ4n) is 2.98. The summed E-state index contributed by atoms with van der Waals surface area (Å²) in [5, 5.41) is 3.87. The van der Waals surface area contributed by atoms with Crippen molar-refractivity contribution >= 4 is 23.0 Å². The van der Waals surface area contributed by atoms with Gasteiger partial charge < -0.3 is 14.6 Å². The number of hydrogen-bond donors (Lipinski definition) is 1. The molecule has 1 aromatic carbocycles. The van der Waals surface area contributed by atoms with E-state index in [1.54, 1.807) is 24.6 Å². The number of aromatic nitrogens is 1. The van der Waals surface area contributed by atoms with E-state index in [9.17, 15) is 4.39 Å². The lowest BCUT2D eigenvalue weighted by Crippen LogP contribution is -2.29. The van der Waals surface area contributed by atoms with E-state index in [4.69, 9.17) is 16.6 Å². The van der Waals surface area contributed by atoms with E-state index in [2.05, 4.69) is 10.3 Å². The van der Waals surface area contributed by atoms with Crippen molar-refractivity contribution in [3.63, 3.8) is 0 Å². The molecule has 120 valence electrons. The maximum absolute atomic E-state index is 13.3. The Morgan fingerprint density at radius 1 is 1.08 bits per heavy atom. The molecule has 6 heteroatoms. The highest BCUT2D eigenvalue weighted by atomic mass is 32.1. The van der Waals surface area contributed by atoms with Crippen LogP contribution in [-0.2, 0) is 0 Å². The standard InChI is InChI=1S/C18H14FN3OS/c19-12-6-8-13(9-7-12)22-17(15-5-3-11-23-15)16(21-18(22)24)14-4-1-2-10-20-14/h1-11,16-17H,(H,21,24)/t16-,17-/m0/s1. The first kappa shape index (κ1) is 14.8. The fraction of sp³-hybridized carbons (Fsp3) is 0.111. The summed E-state index contributed by atoms with van der Waals surface area (Å²) in [6.45, 7) is 0. The Balaban J connectivity index is 1.80. The van der Waals surface area contributed by atoms with Crippen LogP contribution >= 0.6 is 12.2 Å². The molecule has 0 bridgehead atoms. The summed E-state index contributed by atoms with van der Waals surface area (Å²) < 4.78 is 18.9. The van der Waals surface area contributed by atoms with Gasteiger partial charge in [0.1, 0.15) is 17.6 Å². The smallest absolute Gasteiger partial charge is 0.174 e. The second-order valence-electron chi connectivity index (χ2n) is 5.49. The van der Waals surface area contributed by atoms with Crippen LogP contribution in [0.5, 0.6) is 0 Å². The molecule has 1 saturated heterocycles. The molecule has 3 heterocycles. The number of halogens is 1. The number of thiocarbonyl (C=S) groups is 1. The minimum Gasteiger partial charge on any atom is -0.467 e. The summed E-state index contributed by atoms with van der Waals surface area (Å²) in [5.74, 6) is 0.481. The Morgan fingerprint density at radius 3 is 2.58 bits per heavy atom. The Labute approximate surface area is 143 Å². The lowest BCUT2D eigenvalue weighted by molar-refractivity contribution is 0.432. The second kappa shape index (κ2) is 6.05. The number of nitrogens with one attached hydrogen (secondary N) is 1. The van der Waals surface area contributed by atoms with Gasteiger partial charge in [-0.25, -0.2) is 4.39 Å². The zero-order chi connectivity index (χ0) is 16.5. The molecule has 1 aliphatic heterocycles. The lowest BCUT2D eigenvalue weighted by atomic mass is 10.0. The van der Waals surface area contributed by atoms with Gasteiger partial charge in [0, 0.05) is 11.9 Å². The molecular weight excluding hydrogens is 325 g/mol. The van der Waals surface area contributed by atoms with Crippen molar-refractivity contribution < 1.29 is 8.81 Å². The molecular formula is C18H14FN3OS. The zero-order valence-corrected chi connectivity index (χ0v) is 13.4. The van der Waals surface area contributed by atoms with Gasteiger partial charge in [-0.15, -0.1) is 0 Å². The third-order valence-electron chi connectivity index (χ3n) is 4.04. The van der Waals surface area contributed by atoms with Crippen molar-refractivity contribution in [2.45, 2.75) is 12.1 Å². The van der Waals surface area contributed by atoms with Gasteiger partial charge in [0.2, 0.25) is 0 Å². The predicted octanol–water partition coefficient (Wildman–Crippen LogP) is 3.99. The molecule has 0 unspecified atom stereocenters. The highest BCUT2D eigenvalue weighted by Crippen LogP contribution is 2.41. The van der Waals surface area contributed by atoms with E-state index in [1.165, 1.54) is 12.1 Å². The highest BCUT2D eigenvalue weighted by Gasteiger charge is 2.42. The number of hydrogen-bond acceptors (Lipinski definition) is 3. The van der Waals surface area contributed by atoms with Crippen LogP contribution in [0.25, 0.3) is 0 Å². The maximum atomic E-state index is 13.3. The van der Waals surface area contributed by atoms with E-state index in [0.717, 1.165) is 17.1 Å². The average molecular weight is 339 g/mol. The van der Waals surface area contributed by atoms with E-state index in [0.29, 0.717) is 5.11 Å². The van der Waals surface area contributed by atoms with Gasteiger partial charge in [-0.1, -0.05) is 6.07 Å². The van der Waals surface area contributed by atoms with Crippen molar-refractivity contribution in [2.75, 3.05) is 4.90 Å². The number of pyridine rings is 1. The van der Waals surface area contributed by atoms with Crippen LogP contribution < -0.4 is 10.2 Å². The van der Waals surface area contributed by atoms with E-state index >= 15 is 0 Å². The van der Waals surface area contributed by atoms with Crippen LogP contribution in [0.3, 0.4) is 0 Å². The van der Waals surface area contributed by atoms with E-state index in [-0.39, 0.29) is 17.9 Å². The molecule has 24 heavy (non-hydrogen) atoms. The number of benzene rings is 1. The van der Waals surface area contributed by atoms with Gasteiger partial charge in [0.25, 0.3) is 0 Å². The third-order valence-corrected chi connectivity index (χ3v) is 4.35. The Kier molecular flexibility index (Phi) is 3.74. The minimum atomic E-state index is -0.285. The minimum absolute atomic E-state index is 0.157. The van der Waals surface area contributed by atoms with Gasteiger partial charge >= 0.3 is 0 Å². The molecule has 1 N–H and O–H groups in total. The van der Waals surface area contributed by atoms with Crippen LogP contribution in [0.4, 0.5) is 10.1 Å². The van der Waals surface area contributed by atoms with Gasteiger partial charge in [-0.3, -0.25) is 4.98 Å². The van der Waals surface area contributed by atoms with E-state index < -0.39 is 0 Å². The summed E-state index contributed by atoms with van der Waals surface area (Å²) in [6, 6.07) is 15.4. The molecule has 0 aliphatic carbocycles. The monoisotopic (exact) mass is 339 g/mol. The normalized spacial score (nSPS) is 20.2. The summed E-state index contributed by atoms with van der Waals surface area (Å²) in [6.07, 6.45) is 3.38. The predicted molar refractivity (Wildman–Crippen MR) is 93.0 cm³/mol. The van der Waals surface area contributed by atoms with E-state index in [1.807, 2.05) is 35.2 Å². The first-order chi connectivity index (χ1) is 11.7. The number of nitrogens with zero attached hydrogens (tertiary/aromatic N) is 2. The highest BCUT2D eigenvalue weighted by molar-refractivity contribution is 7.80. The summed E-state index contributed by atoms with van der Waals surface area (Å²) in [4.78, 5) is 6.38. The van der Waals surface area contributed by atoms with Crippen LogP contribution in [0.15, 0.2) is 71.5 Å². The van der Waals surface area contributed by atoms with Crippen LogP contribution in [0, 0.1) is 5.82 Å². The maximum Gasteiger partial charge on any atom is 0.174 e. The molecule has 1 fully saturated rings. The molecule has 1 aliphatic rings. The van der Waals surface area contributed by atoms with Gasteiger partial charge in [0.15, 0.2) is 5.11 Å².